The summed E-state index contributed by atoms with van der Waals surface area (Å²) in [6.45, 7) is 11.7. The molecule has 24 heavy (non-hydrogen) atoms. The van der Waals surface area contributed by atoms with Crippen LogP contribution in [0.2, 0.25) is 0 Å². The average Bonchev–Trinajstić information content (AvgIpc) is 2.88. The van der Waals surface area contributed by atoms with E-state index in [1.165, 1.54) is 16.8 Å². The van der Waals surface area contributed by atoms with E-state index >= 15 is 0 Å². The van der Waals surface area contributed by atoms with Crippen molar-refractivity contribution < 1.29 is 0 Å². The predicted octanol–water partition coefficient (Wildman–Crippen LogP) is 2.95. The van der Waals surface area contributed by atoms with Crippen LogP contribution in [0, 0.1) is 20.8 Å². The molecule has 2 N–H and O–H groups in total. The molecule has 130 valence electrons. The number of rotatable bonds is 7. The largest absolute Gasteiger partial charge is 0.357 e. The third-order valence-electron chi connectivity index (χ3n) is 3.96. The van der Waals surface area contributed by atoms with E-state index in [2.05, 4.69) is 76.5 Å². The van der Waals surface area contributed by atoms with Crippen molar-refractivity contribution in [3.05, 3.63) is 52.8 Å². The van der Waals surface area contributed by atoms with Gasteiger partial charge in [-0.3, -0.25) is 4.68 Å². The molecule has 0 aliphatic rings. The number of guanidine groups is 1. The lowest BCUT2D eigenvalue weighted by Gasteiger charge is -2.12. The van der Waals surface area contributed by atoms with Gasteiger partial charge in [-0.15, -0.1) is 0 Å². The predicted molar refractivity (Wildman–Crippen MR) is 100 cm³/mol. The molecule has 1 aromatic carbocycles. The number of hydrogen-bond donors (Lipinski definition) is 2. The van der Waals surface area contributed by atoms with Crippen molar-refractivity contribution >= 4 is 5.96 Å². The Morgan fingerprint density at radius 3 is 2.62 bits per heavy atom. The van der Waals surface area contributed by atoms with E-state index in [4.69, 9.17) is 0 Å². The number of nitrogens with zero attached hydrogens (tertiary/aromatic N) is 3. The van der Waals surface area contributed by atoms with Gasteiger partial charge in [-0.1, -0.05) is 24.3 Å². The first-order valence-electron chi connectivity index (χ1n) is 8.68. The number of hydrogen-bond acceptors (Lipinski definition) is 2. The Morgan fingerprint density at radius 2 is 1.96 bits per heavy atom. The van der Waals surface area contributed by atoms with Crippen molar-refractivity contribution in [3.63, 3.8) is 0 Å². The van der Waals surface area contributed by atoms with Gasteiger partial charge in [0.1, 0.15) is 0 Å². The zero-order valence-electron chi connectivity index (χ0n) is 15.3. The first-order chi connectivity index (χ1) is 11.6. The highest BCUT2D eigenvalue weighted by Gasteiger charge is 2.02. The summed E-state index contributed by atoms with van der Waals surface area (Å²) in [5.41, 5.74) is 4.83. The van der Waals surface area contributed by atoms with Crippen LogP contribution in [0.4, 0.5) is 0 Å². The zero-order valence-corrected chi connectivity index (χ0v) is 15.3. The van der Waals surface area contributed by atoms with E-state index in [-0.39, 0.29) is 0 Å². The maximum atomic E-state index is 4.68. The molecule has 0 aliphatic carbocycles. The molecule has 0 atom stereocenters. The average molecular weight is 327 g/mol. The summed E-state index contributed by atoms with van der Waals surface area (Å²) in [5, 5.41) is 11.2. The van der Waals surface area contributed by atoms with Gasteiger partial charge >= 0.3 is 0 Å². The Hall–Kier alpha value is -2.30. The Kier molecular flexibility index (Phi) is 6.85. The monoisotopic (exact) mass is 327 g/mol. The van der Waals surface area contributed by atoms with E-state index < -0.39 is 0 Å². The quantitative estimate of drug-likeness (QED) is 0.467. The Balaban J connectivity index is 1.83. The van der Waals surface area contributed by atoms with E-state index in [1.54, 1.807) is 0 Å². The second-order valence-electron chi connectivity index (χ2n) is 6.05. The lowest BCUT2D eigenvalue weighted by molar-refractivity contribution is 0.555. The molecule has 0 bridgehead atoms. The SMILES string of the molecule is CCNC(=NCc1ccccc1C)NCCCn1nc(C)cc1C. The van der Waals surface area contributed by atoms with E-state index in [1.807, 2.05) is 6.92 Å². The highest BCUT2D eigenvalue weighted by molar-refractivity contribution is 5.79. The Bertz CT molecular complexity index is 672. The molecule has 5 nitrogen and oxygen atoms in total. The summed E-state index contributed by atoms with van der Waals surface area (Å²) in [6.07, 6.45) is 1.01. The summed E-state index contributed by atoms with van der Waals surface area (Å²) < 4.78 is 2.06. The summed E-state index contributed by atoms with van der Waals surface area (Å²) in [6, 6.07) is 10.5. The van der Waals surface area contributed by atoms with E-state index in [0.29, 0.717) is 6.54 Å². The molecule has 2 rings (SSSR count). The van der Waals surface area contributed by atoms with Gasteiger partial charge in [0.05, 0.1) is 12.2 Å². The van der Waals surface area contributed by atoms with Crippen molar-refractivity contribution in [1.29, 1.82) is 0 Å². The minimum absolute atomic E-state index is 0.694. The molecule has 5 heteroatoms. The van der Waals surface area contributed by atoms with Crippen molar-refractivity contribution in [1.82, 2.24) is 20.4 Å². The van der Waals surface area contributed by atoms with Gasteiger partial charge in [0, 0.05) is 25.3 Å². The molecule has 0 unspecified atom stereocenters. The third kappa shape index (κ3) is 5.41. The fourth-order valence-corrected chi connectivity index (χ4v) is 2.63. The molecule has 0 amide bonds. The number of benzene rings is 1. The maximum Gasteiger partial charge on any atom is 0.191 e. The Morgan fingerprint density at radius 1 is 1.17 bits per heavy atom. The summed E-state index contributed by atoms with van der Waals surface area (Å²) in [4.78, 5) is 4.68. The fourth-order valence-electron chi connectivity index (χ4n) is 2.63. The normalized spacial score (nSPS) is 11.6. The Labute approximate surface area is 145 Å². The van der Waals surface area contributed by atoms with Crippen LogP contribution in [0.5, 0.6) is 0 Å². The topological polar surface area (TPSA) is 54.2 Å². The molecule has 0 aliphatic heterocycles. The molecule has 0 radical (unpaired) electrons. The maximum absolute atomic E-state index is 4.68. The third-order valence-corrected chi connectivity index (χ3v) is 3.96. The van der Waals surface area contributed by atoms with Gasteiger partial charge in [-0.2, -0.15) is 5.10 Å². The minimum atomic E-state index is 0.694. The van der Waals surface area contributed by atoms with Crippen LogP contribution in [0.15, 0.2) is 35.3 Å². The molecule has 0 saturated heterocycles. The standard InChI is InChI=1S/C19H29N5/c1-5-20-19(22-14-18-10-7-6-9-15(18)2)21-11-8-12-24-17(4)13-16(3)23-24/h6-7,9-10,13H,5,8,11-12,14H2,1-4H3,(H2,20,21,22). The molecule has 1 aromatic heterocycles. The lowest BCUT2D eigenvalue weighted by atomic mass is 10.1. The highest BCUT2D eigenvalue weighted by atomic mass is 15.3. The second kappa shape index (κ2) is 9.11. The van der Waals surface area contributed by atoms with Gasteiger partial charge in [0.25, 0.3) is 0 Å². The second-order valence-corrected chi connectivity index (χ2v) is 6.05. The number of aromatic nitrogens is 2. The molecule has 1 heterocycles. The summed E-state index contributed by atoms with van der Waals surface area (Å²) in [7, 11) is 0. The van der Waals surface area contributed by atoms with Crippen LogP contribution in [0.1, 0.15) is 35.9 Å². The molecule has 2 aromatic rings. The summed E-state index contributed by atoms with van der Waals surface area (Å²) in [5.74, 6) is 0.870. The van der Waals surface area contributed by atoms with Crippen molar-refractivity contribution in [3.8, 4) is 0 Å². The molecule has 0 spiro atoms. The van der Waals surface area contributed by atoms with Gasteiger partial charge in [0.15, 0.2) is 5.96 Å². The van der Waals surface area contributed by atoms with Crippen LogP contribution in [-0.4, -0.2) is 28.8 Å². The molecule has 0 fully saturated rings. The first-order valence-corrected chi connectivity index (χ1v) is 8.68. The van der Waals surface area contributed by atoms with E-state index in [9.17, 15) is 0 Å². The van der Waals surface area contributed by atoms with Crippen LogP contribution in [-0.2, 0) is 13.1 Å². The van der Waals surface area contributed by atoms with Gasteiger partial charge < -0.3 is 10.6 Å². The molecule has 0 saturated carbocycles. The van der Waals surface area contributed by atoms with Gasteiger partial charge in [-0.25, -0.2) is 4.99 Å². The van der Waals surface area contributed by atoms with Crippen LogP contribution < -0.4 is 10.6 Å². The van der Waals surface area contributed by atoms with Crippen LogP contribution in [0.25, 0.3) is 0 Å². The fraction of sp³-hybridized carbons (Fsp3) is 0.474. The number of aryl methyl sites for hydroxylation is 4. The van der Waals surface area contributed by atoms with Crippen molar-refractivity contribution in [2.24, 2.45) is 4.99 Å². The minimum Gasteiger partial charge on any atom is -0.357 e. The smallest absolute Gasteiger partial charge is 0.191 e. The number of aliphatic imine (C=N–C) groups is 1. The first kappa shape index (κ1) is 18.0. The zero-order chi connectivity index (χ0) is 17.4. The van der Waals surface area contributed by atoms with E-state index in [0.717, 1.165) is 37.7 Å². The summed E-state index contributed by atoms with van der Waals surface area (Å²) >= 11 is 0. The van der Waals surface area contributed by atoms with Gasteiger partial charge in [-0.05, 0) is 51.3 Å². The molecular weight excluding hydrogens is 298 g/mol. The van der Waals surface area contributed by atoms with Crippen LogP contribution in [0.3, 0.4) is 0 Å². The van der Waals surface area contributed by atoms with Crippen LogP contribution >= 0.6 is 0 Å². The lowest BCUT2D eigenvalue weighted by Crippen LogP contribution is -2.38. The van der Waals surface area contributed by atoms with Crippen molar-refractivity contribution in [2.75, 3.05) is 13.1 Å². The molecular formula is C19H29N5. The van der Waals surface area contributed by atoms with Crippen molar-refractivity contribution in [2.45, 2.75) is 47.2 Å². The number of nitrogens with one attached hydrogen (secondary N) is 2. The van der Waals surface area contributed by atoms with Gasteiger partial charge in [0.2, 0.25) is 0 Å². The highest BCUT2D eigenvalue weighted by Crippen LogP contribution is 2.08.